The second-order valence-corrected chi connectivity index (χ2v) is 20.8. The number of hydrogen-bond donors (Lipinski definition) is 6. The van der Waals surface area contributed by atoms with E-state index in [9.17, 15) is 58.6 Å². The predicted molar refractivity (Wildman–Crippen MR) is 327 cm³/mol. The zero-order chi connectivity index (χ0) is 59.0. The molecular formula is C66H72Ca2F2N4O11. The Balaban J connectivity index is 0.000000561. The SMILES string of the molecule is CC(C)c1c(C(=O)Nc2ccccc2)c(-c2ccccc2)c(-c2ccc(F)cc2)n1CC[C@@H](O)C[C@@H](O)CC(=O)[O-].CC(C)c1c(C(=O)Nc2ccccc2)c(-c2ccccc2)c(-c2ccc(F)cc2)n1CC[C@@H](O)C[C@@H](O)CC(=O)[O-].O.[Ca+2].[Ca+2].[H-].[H-]. The number of amides is 2. The summed E-state index contributed by atoms with van der Waals surface area (Å²) in [6, 6.07) is 49.4. The van der Waals surface area contributed by atoms with Crippen LogP contribution in [0.4, 0.5) is 20.2 Å². The molecule has 19 heteroatoms. The molecule has 440 valence electrons. The number of carbonyl (C=O) groups excluding carboxylic acids is 4. The monoisotopic (exact) mass is 1210 g/mol. The molecule has 0 aliphatic rings. The van der Waals surface area contributed by atoms with Gasteiger partial charge in [0.15, 0.2) is 0 Å². The molecule has 0 spiro atoms. The Morgan fingerprint density at radius 2 is 0.753 bits per heavy atom. The van der Waals surface area contributed by atoms with Gasteiger partial charge >= 0.3 is 75.5 Å². The van der Waals surface area contributed by atoms with Crippen molar-refractivity contribution >= 4 is 111 Å². The first-order chi connectivity index (χ1) is 39.3. The van der Waals surface area contributed by atoms with Gasteiger partial charge in [-0.2, -0.15) is 0 Å². The van der Waals surface area contributed by atoms with Gasteiger partial charge in [-0.25, -0.2) is 8.78 Å². The molecule has 0 saturated heterocycles. The van der Waals surface area contributed by atoms with Crippen molar-refractivity contribution in [3.8, 4) is 44.8 Å². The number of nitrogens with one attached hydrogen (secondary N) is 2. The van der Waals surface area contributed by atoms with E-state index in [1.165, 1.54) is 24.3 Å². The number of hydrogen-bond acceptors (Lipinski definition) is 10. The Morgan fingerprint density at radius 1 is 0.459 bits per heavy atom. The zero-order valence-electron chi connectivity index (χ0n) is 50.1. The van der Waals surface area contributed by atoms with E-state index in [4.69, 9.17) is 0 Å². The van der Waals surface area contributed by atoms with E-state index in [1.54, 1.807) is 48.5 Å². The molecular weight excluding hydrogens is 1140 g/mol. The van der Waals surface area contributed by atoms with Crippen LogP contribution in [-0.4, -0.2) is 159 Å². The molecule has 4 atom stereocenters. The average Bonchev–Trinajstić information content (AvgIpc) is 1.71. The molecule has 2 heterocycles. The van der Waals surface area contributed by atoms with Crippen molar-refractivity contribution in [2.75, 3.05) is 10.6 Å². The minimum atomic E-state index is -1.39. The maximum absolute atomic E-state index is 14.0. The minimum Gasteiger partial charge on any atom is -1.00 e. The summed E-state index contributed by atoms with van der Waals surface area (Å²) in [7, 11) is 0. The molecule has 2 amide bonds. The molecule has 0 radical (unpaired) electrons. The van der Waals surface area contributed by atoms with Gasteiger partial charge in [0, 0.05) is 71.8 Å². The van der Waals surface area contributed by atoms with Gasteiger partial charge < -0.3 is 68.3 Å². The van der Waals surface area contributed by atoms with Crippen LogP contribution >= 0.6 is 0 Å². The summed E-state index contributed by atoms with van der Waals surface area (Å²) in [6.07, 6.45) is -5.54. The molecule has 15 nitrogen and oxygen atoms in total. The Kier molecular flexibility index (Phi) is 28.8. The van der Waals surface area contributed by atoms with Crippen LogP contribution in [0.2, 0.25) is 0 Å². The molecule has 0 aliphatic carbocycles. The zero-order valence-corrected chi connectivity index (χ0v) is 52.5. The standard InChI is InChI=1S/2C33H35FN2O5.2Ca.H2O.2H/c2*1-21(2)31-30(33(41)35-25-11-7-4-8-12-25)29(22-9-5-3-6-10-22)32(23-13-15-24(34)16-14-23)36(31)18-17-26(37)19-27(38)20-28(39)40;;;;;/h2*3-16,21,26-27,37-38H,17-20H2,1-2H3,(H,35,41)(H,39,40);;;1H2;;/q;;2*+2;;2*-1/p-2/t2*26-,27-;;;;;/m11...../s1. The third-order valence-electron chi connectivity index (χ3n) is 13.8. The maximum Gasteiger partial charge on any atom is 2.00 e. The van der Waals surface area contributed by atoms with Crippen molar-refractivity contribution in [2.24, 2.45) is 0 Å². The van der Waals surface area contributed by atoms with E-state index in [1.807, 2.05) is 134 Å². The Labute approximate surface area is 556 Å². The van der Waals surface area contributed by atoms with E-state index in [0.717, 1.165) is 22.5 Å². The topological polar surface area (TPSA) is 261 Å². The fourth-order valence-electron chi connectivity index (χ4n) is 10.4. The van der Waals surface area contributed by atoms with Crippen LogP contribution in [0.15, 0.2) is 170 Å². The third kappa shape index (κ3) is 19.5. The molecule has 0 saturated carbocycles. The maximum atomic E-state index is 14.0. The number of aliphatic carboxylic acids is 2. The van der Waals surface area contributed by atoms with Crippen LogP contribution in [0.3, 0.4) is 0 Å². The molecule has 6 aromatic carbocycles. The summed E-state index contributed by atoms with van der Waals surface area (Å²) in [6.45, 7) is 8.45. The first-order valence-corrected chi connectivity index (χ1v) is 27.3. The Morgan fingerprint density at radius 3 is 1.04 bits per heavy atom. The summed E-state index contributed by atoms with van der Waals surface area (Å²) in [5.41, 5.74) is 9.43. The molecule has 8 N–H and O–H groups in total. The fraction of sp³-hybridized carbons (Fsp3) is 0.273. The van der Waals surface area contributed by atoms with Crippen molar-refractivity contribution in [3.05, 3.63) is 204 Å². The average molecular weight is 1220 g/mol. The molecule has 0 aliphatic heterocycles. The van der Waals surface area contributed by atoms with Crippen LogP contribution in [0.5, 0.6) is 0 Å². The summed E-state index contributed by atoms with van der Waals surface area (Å²) < 4.78 is 32.0. The van der Waals surface area contributed by atoms with Gasteiger partial charge in [-0.05, 0) is 133 Å². The molecule has 85 heavy (non-hydrogen) atoms. The van der Waals surface area contributed by atoms with Gasteiger partial charge in [0.2, 0.25) is 0 Å². The number of aliphatic hydroxyl groups excluding tert-OH is 4. The van der Waals surface area contributed by atoms with E-state index < -0.39 is 60.8 Å². The third-order valence-corrected chi connectivity index (χ3v) is 13.8. The summed E-state index contributed by atoms with van der Waals surface area (Å²) >= 11 is 0. The van der Waals surface area contributed by atoms with Gasteiger partial charge in [0.1, 0.15) is 11.6 Å². The predicted octanol–water partition coefficient (Wildman–Crippen LogP) is 8.60. The van der Waals surface area contributed by atoms with Crippen molar-refractivity contribution < 1.29 is 66.9 Å². The summed E-state index contributed by atoms with van der Waals surface area (Å²) in [4.78, 5) is 49.8. The molecule has 0 bridgehead atoms. The van der Waals surface area contributed by atoms with Crippen LogP contribution in [0.1, 0.15) is 113 Å². The fourth-order valence-corrected chi connectivity index (χ4v) is 10.4. The molecule has 8 rings (SSSR count). The van der Waals surface area contributed by atoms with Gasteiger partial charge in [-0.3, -0.25) is 9.59 Å². The van der Waals surface area contributed by atoms with E-state index in [0.29, 0.717) is 56.1 Å². The quantitative estimate of drug-likeness (QED) is 0.0314. The van der Waals surface area contributed by atoms with Gasteiger partial charge in [0.05, 0.1) is 46.9 Å². The van der Waals surface area contributed by atoms with Crippen molar-refractivity contribution in [2.45, 2.75) is 116 Å². The first kappa shape index (κ1) is 71.4. The molecule has 0 unspecified atom stereocenters. The number of benzene rings is 6. The van der Waals surface area contributed by atoms with Crippen LogP contribution in [0.25, 0.3) is 44.8 Å². The number of carbonyl (C=O) groups is 4. The van der Waals surface area contributed by atoms with Crippen LogP contribution in [0, 0.1) is 11.6 Å². The second kappa shape index (κ2) is 34.3. The van der Waals surface area contributed by atoms with Crippen LogP contribution in [-0.2, 0) is 22.7 Å². The minimum absolute atomic E-state index is 0. The number of aliphatic hydroxyl groups is 4. The second-order valence-electron chi connectivity index (χ2n) is 20.8. The number of halogens is 2. The van der Waals surface area contributed by atoms with Crippen molar-refractivity contribution in [3.63, 3.8) is 0 Å². The van der Waals surface area contributed by atoms with E-state index in [2.05, 4.69) is 10.6 Å². The number of rotatable bonds is 24. The van der Waals surface area contributed by atoms with Gasteiger partial charge in [-0.15, -0.1) is 0 Å². The Hall–Kier alpha value is -6.06. The van der Waals surface area contributed by atoms with Crippen molar-refractivity contribution in [1.29, 1.82) is 0 Å². The first-order valence-electron chi connectivity index (χ1n) is 27.3. The number of nitrogens with zero attached hydrogens (tertiary/aromatic N) is 2. The van der Waals surface area contributed by atoms with Crippen LogP contribution < -0.4 is 20.8 Å². The number of para-hydroxylation sites is 2. The van der Waals surface area contributed by atoms with Gasteiger partial charge in [0.25, 0.3) is 11.8 Å². The van der Waals surface area contributed by atoms with Gasteiger partial charge in [-0.1, -0.05) is 125 Å². The summed E-state index contributed by atoms with van der Waals surface area (Å²) in [5.74, 6) is -4.41. The molecule has 8 aromatic rings. The molecule has 2 aromatic heterocycles. The molecule has 0 fully saturated rings. The number of carboxylic acid groups (broad SMARTS) is 2. The van der Waals surface area contributed by atoms with Crippen molar-refractivity contribution in [1.82, 2.24) is 9.13 Å². The number of aromatic nitrogens is 2. The Bertz CT molecular complexity index is 3190. The summed E-state index contributed by atoms with van der Waals surface area (Å²) in [5, 5.41) is 69.2. The normalized spacial score (nSPS) is 12.3. The van der Waals surface area contributed by atoms with E-state index >= 15 is 0 Å². The number of anilines is 2. The largest absolute Gasteiger partial charge is 2.00 e. The van der Waals surface area contributed by atoms with E-state index in [-0.39, 0.29) is 146 Å². The number of carboxylic acids is 2. The smallest absolute Gasteiger partial charge is 1.00 e.